The molecule has 1 aliphatic rings. The highest BCUT2D eigenvalue weighted by atomic mass is 16.5. The summed E-state index contributed by atoms with van der Waals surface area (Å²) in [5.74, 6) is 1.88. The Morgan fingerprint density at radius 3 is 2.59 bits per heavy atom. The molecule has 0 spiro atoms. The average Bonchev–Trinajstić information content (AvgIpc) is 2.75. The lowest BCUT2D eigenvalue weighted by atomic mass is 10.1. The van der Waals surface area contributed by atoms with Crippen LogP contribution in [0.1, 0.15) is 24.4 Å². The van der Waals surface area contributed by atoms with E-state index in [-0.39, 0.29) is 11.5 Å². The van der Waals surface area contributed by atoms with Crippen molar-refractivity contribution in [2.45, 2.75) is 25.9 Å². The van der Waals surface area contributed by atoms with Gasteiger partial charge in [-0.3, -0.25) is 14.2 Å². The molecule has 0 radical (unpaired) electrons. The first-order valence-electron chi connectivity index (χ1n) is 9.53. The van der Waals surface area contributed by atoms with Crippen LogP contribution in [0.2, 0.25) is 0 Å². The summed E-state index contributed by atoms with van der Waals surface area (Å²) in [5, 5.41) is 0.537. The van der Waals surface area contributed by atoms with Gasteiger partial charge in [-0.1, -0.05) is 18.2 Å². The topological polar surface area (TPSA) is 73.7 Å². The summed E-state index contributed by atoms with van der Waals surface area (Å²) in [6.45, 7) is 2.60. The zero-order valence-electron chi connectivity index (χ0n) is 16.7. The molecule has 1 amide bonds. The molecule has 2 heterocycles. The maximum absolute atomic E-state index is 12.9. The van der Waals surface area contributed by atoms with Gasteiger partial charge in [0.1, 0.15) is 11.9 Å². The third kappa shape index (κ3) is 3.33. The van der Waals surface area contributed by atoms with Crippen LogP contribution < -0.4 is 15.0 Å². The Hall–Kier alpha value is -3.35. The van der Waals surface area contributed by atoms with Gasteiger partial charge in [0.15, 0.2) is 11.5 Å². The van der Waals surface area contributed by atoms with Gasteiger partial charge < -0.3 is 14.4 Å². The zero-order valence-corrected chi connectivity index (χ0v) is 16.7. The summed E-state index contributed by atoms with van der Waals surface area (Å²) >= 11 is 0. The van der Waals surface area contributed by atoms with Gasteiger partial charge in [-0.05, 0) is 43.2 Å². The van der Waals surface area contributed by atoms with E-state index in [1.54, 1.807) is 32.1 Å². The van der Waals surface area contributed by atoms with Crippen molar-refractivity contribution in [3.63, 3.8) is 0 Å². The van der Waals surface area contributed by atoms with Gasteiger partial charge in [-0.15, -0.1) is 0 Å². The first-order valence-corrected chi connectivity index (χ1v) is 9.53. The molecule has 7 heteroatoms. The van der Waals surface area contributed by atoms with Crippen molar-refractivity contribution in [2.75, 3.05) is 20.8 Å². The van der Waals surface area contributed by atoms with Crippen molar-refractivity contribution in [1.82, 2.24) is 14.5 Å². The lowest BCUT2D eigenvalue weighted by molar-refractivity contribution is -0.137. The Bertz CT molecular complexity index is 1140. The van der Waals surface area contributed by atoms with Gasteiger partial charge in [0.05, 0.1) is 31.7 Å². The highest BCUT2D eigenvalue weighted by molar-refractivity contribution is 5.83. The Morgan fingerprint density at radius 2 is 1.83 bits per heavy atom. The minimum absolute atomic E-state index is 0.0721. The first kappa shape index (κ1) is 19.0. The molecule has 7 nitrogen and oxygen atoms in total. The Labute approximate surface area is 168 Å². The second-order valence-corrected chi connectivity index (χ2v) is 7.10. The van der Waals surface area contributed by atoms with Crippen molar-refractivity contribution in [1.29, 1.82) is 0 Å². The molecule has 1 aromatic heterocycles. The molecular weight excluding hydrogens is 370 g/mol. The number of methoxy groups -OCH3 is 2. The van der Waals surface area contributed by atoms with E-state index in [9.17, 15) is 9.59 Å². The second kappa shape index (κ2) is 7.58. The van der Waals surface area contributed by atoms with Crippen molar-refractivity contribution in [3.8, 4) is 11.5 Å². The van der Waals surface area contributed by atoms with Crippen LogP contribution in [0.4, 0.5) is 0 Å². The van der Waals surface area contributed by atoms with E-state index >= 15 is 0 Å². The molecule has 0 aliphatic carbocycles. The standard InChI is InChI=1S/C22H23N3O4/c1-14-21(26)24(11-10-15-8-9-18(28-2)19(12-15)29-3)13-20-23-17-7-5-4-6-16(17)22(27)25(14)20/h4-9,12,14H,10-11,13H2,1-3H3/t14-/m0/s1. The van der Waals surface area contributed by atoms with Gasteiger partial charge in [-0.25, -0.2) is 4.98 Å². The molecular formula is C22H23N3O4. The summed E-state index contributed by atoms with van der Waals surface area (Å²) in [5.41, 5.74) is 1.54. The highest BCUT2D eigenvalue weighted by Crippen LogP contribution is 2.28. The molecule has 4 rings (SSSR count). The van der Waals surface area contributed by atoms with E-state index in [4.69, 9.17) is 9.47 Å². The Balaban J connectivity index is 1.60. The number of para-hydroxylation sites is 1. The molecule has 29 heavy (non-hydrogen) atoms. The molecule has 0 bridgehead atoms. The third-order valence-electron chi connectivity index (χ3n) is 5.39. The number of amides is 1. The molecule has 2 aromatic carbocycles. The highest BCUT2D eigenvalue weighted by Gasteiger charge is 2.31. The minimum Gasteiger partial charge on any atom is -0.493 e. The first-order chi connectivity index (χ1) is 14.0. The average molecular weight is 393 g/mol. The van der Waals surface area contributed by atoms with Crippen LogP contribution in [0.15, 0.2) is 47.3 Å². The summed E-state index contributed by atoms with van der Waals surface area (Å²) in [6, 6.07) is 12.4. The van der Waals surface area contributed by atoms with Crippen LogP contribution in [0, 0.1) is 0 Å². The molecule has 3 aromatic rings. The largest absolute Gasteiger partial charge is 0.493 e. The number of carbonyl (C=O) groups excluding carboxylic acids is 1. The van der Waals surface area contributed by atoms with Crippen LogP contribution in [0.3, 0.4) is 0 Å². The molecule has 1 atom stereocenters. The Kier molecular flexibility index (Phi) is 4.96. The number of nitrogens with zero attached hydrogens (tertiary/aromatic N) is 3. The lowest BCUT2D eigenvalue weighted by Gasteiger charge is -2.33. The van der Waals surface area contributed by atoms with Crippen LogP contribution in [-0.2, 0) is 17.8 Å². The molecule has 0 N–H and O–H groups in total. The smallest absolute Gasteiger partial charge is 0.262 e. The molecule has 150 valence electrons. The minimum atomic E-state index is -0.575. The number of fused-ring (bicyclic) bond motifs is 2. The summed E-state index contributed by atoms with van der Waals surface area (Å²) < 4.78 is 12.2. The van der Waals surface area contributed by atoms with Gasteiger partial charge >= 0.3 is 0 Å². The summed E-state index contributed by atoms with van der Waals surface area (Å²) in [4.78, 5) is 32.2. The fourth-order valence-corrected chi connectivity index (χ4v) is 3.82. The SMILES string of the molecule is COc1ccc(CCN2Cc3nc4ccccc4c(=O)n3[C@@H](C)C2=O)cc1OC. The monoisotopic (exact) mass is 393 g/mol. The van der Waals surface area contributed by atoms with E-state index in [0.717, 1.165) is 5.56 Å². The third-order valence-corrected chi connectivity index (χ3v) is 5.39. The summed E-state index contributed by atoms with van der Waals surface area (Å²) in [7, 11) is 3.20. The van der Waals surface area contributed by atoms with E-state index in [2.05, 4.69) is 4.98 Å². The number of benzene rings is 2. The van der Waals surface area contributed by atoms with E-state index < -0.39 is 6.04 Å². The van der Waals surface area contributed by atoms with Crippen molar-refractivity contribution in [2.24, 2.45) is 0 Å². The zero-order chi connectivity index (χ0) is 20.5. The van der Waals surface area contributed by atoms with Gasteiger partial charge in [0, 0.05) is 6.54 Å². The Morgan fingerprint density at radius 1 is 1.07 bits per heavy atom. The number of aromatic nitrogens is 2. The van der Waals surface area contributed by atoms with Crippen LogP contribution >= 0.6 is 0 Å². The number of rotatable bonds is 5. The maximum Gasteiger partial charge on any atom is 0.262 e. The van der Waals surface area contributed by atoms with Crippen LogP contribution in [0.5, 0.6) is 11.5 Å². The molecule has 0 unspecified atom stereocenters. The van der Waals surface area contributed by atoms with E-state index in [0.29, 0.717) is 47.7 Å². The lowest BCUT2D eigenvalue weighted by Crippen LogP contribution is -2.47. The number of carbonyl (C=O) groups is 1. The van der Waals surface area contributed by atoms with Crippen molar-refractivity contribution in [3.05, 3.63) is 64.2 Å². The van der Waals surface area contributed by atoms with Crippen LogP contribution in [0.25, 0.3) is 10.9 Å². The molecule has 1 aliphatic heterocycles. The normalized spacial score (nSPS) is 16.0. The predicted molar refractivity (Wildman–Crippen MR) is 109 cm³/mol. The van der Waals surface area contributed by atoms with Crippen molar-refractivity contribution < 1.29 is 14.3 Å². The fourth-order valence-electron chi connectivity index (χ4n) is 3.82. The van der Waals surface area contributed by atoms with E-state index in [1.807, 2.05) is 36.4 Å². The molecule has 0 saturated heterocycles. The van der Waals surface area contributed by atoms with Gasteiger partial charge in [-0.2, -0.15) is 0 Å². The fraction of sp³-hybridized carbons (Fsp3) is 0.318. The van der Waals surface area contributed by atoms with E-state index in [1.165, 1.54) is 4.57 Å². The number of ether oxygens (including phenoxy) is 2. The molecule has 0 saturated carbocycles. The number of hydrogen-bond donors (Lipinski definition) is 0. The van der Waals surface area contributed by atoms with Crippen molar-refractivity contribution >= 4 is 16.8 Å². The number of hydrogen-bond acceptors (Lipinski definition) is 5. The quantitative estimate of drug-likeness (QED) is 0.666. The summed E-state index contributed by atoms with van der Waals surface area (Å²) in [6.07, 6.45) is 0.663. The predicted octanol–water partition coefficient (Wildman–Crippen LogP) is 2.56. The van der Waals surface area contributed by atoms with Gasteiger partial charge in [0.25, 0.3) is 5.56 Å². The van der Waals surface area contributed by atoms with Gasteiger partial charge in [0.2, 0.25) is 5.91 Å². The molecule has 0 fully saturated rings. The maximum atomic E-state index is 12.9. The second-order valence-electron chi connectivity index (χ2n) is 7.10. The van der Waals surface area contributed by atoms with Crippen LogP contribution in [-0.4, -0.2) is 41.1 Å².